The summed E-state index contributed by atoms with van der Waals surface area (Å²) in [6.07, 6.45) is 1.20. The summed E-state index contributed by atoms with van der Waals surface area (Å²) >= 11 is 0. The number of carbonyl (C=O) groups excluding carboxylic acids is 2. The zero-order chi connectivity index (χ0) is 11.8. The Balaban J connectivity index is 4.65. The minimum Gasteiger partial charge on any atom is -0.463 e. The first kappa shape index (κ1) is 13.7. The Morgan fingerprint density at radius 3 is 2.07 bits per heavy atom. The van der Waals surface area contributed by atoms with E-state index in [1.54, 1.807) is 13.8 Å². The van der Waals surface area contributed by atoms with Gasteiger partial charge in [0.2, 0.25) is 0 Å². The third kappa shape index (κ3) is 5.20. The highest BCUT2D eigenvalue weighted by Gasteiger charge is 2.16. The summed E-state index contributed by atoms with van der Waals surface area (Å²) in [5, 5.41) is 0. The van der Waals surface area contributed by atoms with Gasteiger partial charge in [-0.1, -0.05) is 13.8 Å². The van der Waals surface area contributed by atoms with Gasteiger partial charge in [0.25, 0.3) is 0 Å². The van der Waals surface area contributed by atoms with E-state index in [0.717, 1.165) is 0 Å². The van der Waals surface area contributed by atoms with Crippen LogP contribution in [0, 0.1) is 5.92 Å². The lowest BCUT2D eigenvalue weighted by molar-refractivity contribution is -0.141. The smallest absolute Gasteiger partial charge is 0.334 e. The van der Waals surface area contributed by atoms with Crippen LogP contribution in [0.3, 0.4) is 0 Å². The van der Waals surface area contributed by atoms with Crippen LogP contribution in [0.4, 0.5) is 0 Å². The molecule has 86 valence electrons. The van der Waals surface area contributed by atoms with E-state index >= 15 is 0 Å². The third-order valence-electron chi connectivity index (χ3n) is 1.69. The van der Waals surface area contributed by atoms with Gasteiger partial charge in [0, 0.05) is 11.6 Å². The number of ether oxygens (including phenoxy) is 2. The molecule has 0 amide bonds. The number of rotatable bonds is 5. The minimum absolute atomic E-state index is 0.0616. The van der Waals surface area contributed by atoms with Crippen molar-refractivity contribution in [3.63, 3.8) is 0 Å². The summed E-state index contributed by atoms with van der Waals surface area (Å²) in [6.45, 7) is 7.67. The summed E-state index contributed by atoms with van der Waals surface area (Å²) in [6, 6.07) is 0. The predicted octanol–water partition coefficient (Wildman–Crippen LogP) is 1.70. The van der Waals surface area contributed by atoms with E-state index < -0.39 is 11.9 Å². The van der Waals surface area contributed by atoms with Gasteiger partial charge in [-0.2, -0.15) is 0 Å². The van der Waals surface area contributed by atoms with Crippen LogP contribution in [-0.4, -0.2) is 25.2 Å². The van der Waals surface area contributed by atoms with Crippen LogP contribution in [0.25, 0.3) is 0 Å². The van der Waals surface area contributed by atoms with Gasteiger partial charge in [-0.15, -0.1) is 0 Å². The molecule has 0 aliphatic rings. The zero-order valence-electron chi connectivity index (χ0n) is 9.70. The first-order chi connectivity index (χ1) is 7.02. The first-order valence-electron chi connectivity index (χ1n) is 5.08. The maximum absolute atomic E-state index is 11.4. The van der Waals surface area contributed by atoms with Gasteiger partial charge in [-0.3, -0.25) is 0 Å². The molecule has 0 unspecified atom stereocenters. The van der Waals surface area contributed by atoms with Gasteiger partial charge in [0.1, 0.15) is 0 Å². The topological polar surface area (TPSA) is 52.6 Å². The molecule has 0 aliphatic heterocycles. The van der Waals surface area contributed by atoms with Crippen molar-refractivity contribution >= 4 is 11.9 Å². The molecule has 0 aromatic rings. The van der Waals surface area contributed by atoms with Crippen LogP contribution in [-0.2, 0) is 19.1 Å². The monoisotopic (exact) mass is 214 g/mol. The second-order valence-corrected chi connectivity index (χ2v) is 3.23. The molecule has 0 saturated heterocycles. The van der Waals surface area contributed by atoms with Crippen molar-refractivity contribution in [2.45, 2.75) is 27.7 Å². The van der Waals surface area contributed by atoms with Crippen LogP contribution >= 0.6 is 0 Å². The lowest BCUT2D eigenvalue weighted by Crippen LogP contribution is -2.14. The van der Waals surface area contributed by atoms with Crippen molar-refractivity contribution in [1.82, 2.24) is 0 Å². The molecular formula is C11H18O4. The van der Waals surface area contributed by atoms with E-state index in [1.807, 2.05) is 13.8 Å². The molecule has 4 heteroatoms. The Morgan fingerprint density at radius 2 is 1.67 bits per heavy atom. The first-order valence-corrected chi connectivity index (χ1v) is 5.08. The van der Waals surface area contributed by atoms with Crippen LogP contribution in [0.2, 0.25) is 0 Å². The highest BCUT2D eigenvalue weighted by atomic mass is 16.5. The quantitative estimate of drug-likeness (QED) is 0.516. The van der Waals surface area contributed by atoms with E-state index in [9.17, 15) is 9.59 Å². The molecule has 0 aromatic carbocycles. The van der Waals surface area contributed by atoms with Gasteiger partial charge in [0.15, 0.2) is 0 Å². The van der Waals surface area contributed by atoms with Crippen molar-refractivity contribution in [2.24, 2.45) is 5.92 Å². The summed E-state index contributed by atoms with van der Waals surface area (Å²) in [4.78, 5) is 22.6. The number of esters is 2. The lowest BCUT2D eigenvalue weighted by Gasteiger charge is -2.09. The van der Waals surface area contributed by atoms with Crippen LogP contribution in [0.5, 0.6) is 0 Å². The SMILES string of the molecule is CCOC(=O)C=C(C(=O)OCC)C(C)C. The maximum atomic E-state index is 11.4. The fourth-order valence-corrected chi connectivity index (χ4v) is 0.987. The molecular weight excluding hydrogens is 196 g/mol. The van der Waals surface area contributed by atoms with Crippen LogP contribution in [0.1, 0.15) is 27.7 Å². The summed E-state index contributed by atoms with van der Waals surface area (Å²) in [5.41, 5.74) is 0.343. The fourth-order valence-electron chi connectivity index (χ4n) is 0.987. The molecule has 0 fully saturated rings. The third-order valence-corrected chi connectivity index (χ3v) is 1.69. The summed E-state index contributed by atoms with van der Waals surface area (Å²) in [7, 11) is 0. The largest absolute Gasteiger partial charge is 0.463 e. The molecule has 0 atom stereocenters. The standard InChI is InChI=1S/C11H18O4/c1-5-14-10(12)7-9(8(3)4)11(13)15-6-2/h7-8H,5-6H2,1-4H3. The van der Waals surface area contributed by atoms with Crippen molar-refractivity contribution in [1.29, 1.82) is 0 Å². The normalized spacial score (nSPS) is 11.4. The van der Waals surface area contributed by atoms with Crippen molar-refractivity contribution in [3.8, 4) is 0 Å². The van der Waals surface area contributed by atoms with Gasteiger partial charge in [-0.25, -0.2) is 9.59 Å². The van der Waals surface area contributed by atoms with E-state index in [0.29, 0.717) is 18.8 Å². The maximum Gasteiger partial charge on any atom is 0.334 e. The minimum atomic E-state index is -0.505. The van der Waals surface area contributed by atoms with E-state index in [2.05, 4.69) is 0 Å². The summed E-state index contributed by atoms with van der Waals surface area (Å²) in [5.74, 6) is -1.02. The molecule has 15 heavy (non-hydrogen) atoms. The molecule has 0 rings (SSSR count). The number of hydrogen-bond donors (Lipinski definition) is 0. The van der Waals surface area contributed by atoms with Gasteiger partial charge >= 0.3 is 11.9 Å². The van der Waals surface area contributed by atoms with Crippen molar-refractivity contribution < 1.29 is 19.1 Å². The predicted molar refractivity (Wildman–Crippen MR) is 56.2 cm³/mol. The van der Waals surface area contributed by atoms with Crippen molar-refractivity contribution in [2.75, 3.05) is 13.2 Å². The fraction of sp³-hybridized carbons (Fsp3) is 0.636. The molecule has 0 N–H and O–H groups in total. The molecule has 0 aromatic heterocycles. The molecule has 0 heterocycles. The lowest BCUT2D eigenvalue weighted by atomic mass is 10.0. The highest BCUT2D eigenvalue weighted by molar-refractivity contribution is 5.96. The molecule has 0 saturated carbocycles. The molecule has 4 nitrogen and oxygen atoms in total. The van der Waals surface area contributed by atoms with Crippen LogP contribution < -0.4 is 0 Å². The second-order valence-electron chi connectivity index (χ2n) is 3.23. The summed E-state index contributed by atoms with van der Waals surface area (Å²) < 4.78 is 9.56. The second kappa shape index (κ2) is 7.04. The van der Waals surface area contributed by atoms with E-state index in [-0.39, 0.29) is 5.92 Å². The Morgan fingerprint density at radius 1 is 1.13 bits per heavy atom. The van der Waals surface area contributed by atoms with Gasteiger partial charge in [-0.05, 0) is 19.8 Å². The Kier molecular flexibility index (Phi) is 6.42. The molecule has 0 spiro atoms. The van der Waals surface area contributed by atoms with Crippen molar-refractivity contribution in [3.05, 3.63) is 11.6 Å². The number of hydrogen-bond acceptors (Lipinski definition) is 4. The average molecular weight is 214 g/mol. The average Bonchev–Trinajstić information content (AvgIpc) is 2.14. The van der Waals surface area contributed by atoms with E-state index in [1.165, 1.54) is 6.08 Å². The number of carbonyl (C=O) groups is 2. The van der Waals surface area contributed by atoms with Gasteiger partial charge in [0.05, 0.1) is 13.2 Å². The Bertz CT molecular complexity index is 253. The molecule has 0 radical (unpaired) electrons. The molecule has 0 bridgehead atoms. The van der Waals surface area contributed by atoms with Crippen LogP contribution in [0.15, 0.2) is 11.6 Å². The Labute approximate surface area is 90.2 Å². The van der Waals surface area contributed by atoms with Gasteiger partial charge < -0.3 is 9.47 Å². The Hall–Kier alpha value is -1.32. The zero-order valence-corrected chi connectivity index (χ0v) is 9.70. The highest BCUT2D eigenvalue weighted by Crippen LogP contribution is 2.11. The molecule has 0 aliphatic carbocycles. The van der Waals surface area contributed by atoms with E-state index in [4.69, 9.17) is 9.47 Å².